The van der Waals surface area contributed by atoms with Crippen molar-refractivity contribution >= 4 is 11.3 Å². The van der Waals surface area contributed by atoms with Crippen LogP contribution in [0, 0.1) is 5.82 Å². The van der Waals surface area contributed by atoms with Crippen LogP contribution in [0.3, 0.4) is 0 Å². The van der Waals surface area contributed by atoms with Crippen molar-refractivity contribution in [2.24, 2.45) is 0 Å². The fraction of sp³-hybridized carbons (Fsp3) is 0.636. The average Bonchev–Trinajstić information content (AvgIpc) is 2.88. The van der Waals surface area contributed by atoms with E-state index in [0.29, 0.717) is 6.61 Å². The van der Waals surface area contributed by atoms with E-state index < -0.39 is 0 Å². The van der Waals surface area contributed by atoms with E-state index in [4.69, 9.17) is 4.74 Å². The summed E-state index contributed by atoms with van der Waals surface area (Å²) in [5.74, 6) is -0.0168. The summed E-state index contributed by atoms with van der Waals surface area (Å²) in [6, 6.07) is 0. The van der Waals surface area contributed by atoms with E-state index >= 15 is 0 Å². The third kappa shape index (κ3) is 1.35. The first kappa shape index (κ1) is 9.75. The molecule has 82 valence electrons. The van der Waals surface area contributed by atoms with Crippen LogP contribution in [0.4, 0.5) is 4.39 Å². The molecule has 1 atom stereocenters. The average molecular weight is 227 g/mol. The first-order chi connectivity index (χ1) is 7.27. The van der Waals surface area contributed by atoms with Gasteiger partial charge in [-0.15, -0.1) is 11.3 Å². The van der Waals surface area contributed by atoms with Crippen molar-refractivity contribution in [1.29, 1.82) is 0 Å². The lowest BCUT2D eigenvalue weighted by molar-refractivity contribution is 0.0250. The van der Waals surface area contributed by atoms with Gasteiger partial charge >= 0.3 is 0 Å². The van der Waals surface area contributed by atoms with E-state index in [9.17, 15) is 4.39 Å². The van der Waals surface area contributed by atoms with Crippen molar-refractivity contribution in [3.63, 3.8) is 0 Å². The summed E-state index contributed by atoms with van der Waals surface area (Å²) in [5, 5.41) is 4.72. The van der Waals surface area contributed by atoms with E-state index in [2.05, 4.69) is 5.32 Å². The molecular weight excluding hydrogens is 213 g/mol. The molecule has 0 radical (unpaired) electrons. The number of rotatable bonds is 2. The second kappa shape index (κ2) is 3.27. The van der Waals surface area contributed by atoms with Gasteiger partial charge in [0.2, 0.25) is 0 Å². The maximum absolute atomic E-state index is 13.7. The summed E-state index contributed by atoms with van der Waals surface area (Å²) in [6.07, 6.45) is 2.21. The van der Waals surface area contributed by atoms with E-state index in [0.717, 1.165) is 29.8 Å². The summed E-state index contributed by atoms with van der Waals surface area (Å²) in [7, 11) is 1.90. The van der Waals surface area contributed by atoms with Gasteiger partial charge in [-0.2, -0.15) is 0 Å². The fourth-order valence-corrected chi connectivity index (χ4v) is 3.48. The van der Waals surface area contributed by atoms with Crippen LogP contribution in [0.2, 0.25) is 0 Å². The van der Waals surface area contributed by atoms with Crippen LogP contribution in [0.25, 0.3) is 0 Å². The highest BCUT2D eigenvalue weighted by molar-refractivity contribution is 7.10. The highest BCUT2D eigenvalue weighted by Crippen LogP contribution is 2.56. The second-order valence-corrected chi connectivity index (χ2v) is 5.37. The molecule has 1 fully saturated rings. The molecule has 1 aromatic heterocycles. The van der Waals surface area contributed by atoms with Crippen LogP contribution >= 0.6 is 11.3 Å². The first-order valence-corrected chi connectivity index (χ1v) is 6.18. The molecule has 1 aliphatic heterocycles. The quantitative estimate of drug-likeness (QED) is 0.836. The Labute approximate surface area is 92.4 Å². The van der Waals surface area contributed by atoms with Crippen LogP contribution in [-0.2, 0) is 10.2 Å². The highest BCUT2D eigenvalue weighted by Gasteiger charge is 2.52. The smallest absolute Gasteiger partial charge is 0.138 e. The maximum Gasteiger partial charge on any atom is 0.138 e. The van der Waals surface area contributed by atoms with Gasteiger partial charge in [-0.3, -0.25) is 0 Å². The molecule has 1 aromatic rings. The predicted octanol–water partition coefficient (Wildman–Crippen LogP) is 2.21. The minimum absolute atomic E-state index is 0.0168. The normalized spacial score (nSPS) is 26.7. The predicted molar refractivity (Wildman–Crippen MR) is 57.8 cm³/mol. The molecule has 0 aromatic carbocycles. The molecule has 1 unspecified atom stereocenters. The Balaban J connectivity index is 2.02. The van der Waals surface area contributed by atoms with Gasteiger partial charge in [0.15, 0.2) is 0 Å². The number of thiophene rings is 1. The Kier molecular flexibility index (Phi) is 2.13. The van der Waals surface area contributed by atoms with E-state index in [-0.39, 0.29) is 17.3 Å². The van der Waals surface area contributed by atoms with Crippen molar-refractivity contribution in [3.05, 3.63) is 21.6 Å². The van der Waals surface area contributed by atoms with Gasteiger partial charge in [0, 0.05) is 27.8 Å². The molecule has 2 heterocycles. The fourth-order valence-electron chi connectivity index (χ4n) is 2.39. The number of nitrogens with one attached hydrogen (secondary N) is 1. The molecule has 1 N–H and O–H groups in total. The molecule has 15 heavy (non-hydrogen) atoms. The van der Waals surface area contributed by atoms with Crippen molar-refractivity contribution < 1.29 is 9.13 Å². The van der Waals surface area contributed by atoms with Crippen LogP contribution < -0.4 is 5.32 Å². The molecule has 3 rings (SSSR count). The van der Waals surface area contributed by atoms with E-state index in [1.54, 1.807) is 5.38 Å². The molecule has 0 saturated heterocycles. The monoisotopic (exact) mass is 227 g/mol. The summed E-state index contributed by atoms with van der Waals surface area (Å²) >= 11 is 1.50. The van der Waals surface area contributed by atoms with Crippen LogP contribution in [-0.4, -0.2) is 20.2 Å². The Morgan fingerprint density at radius 1 is 1.67 bits per heavy atom. The number of halogens is 1. The van der Waals surface area contributed by atoms with E-state index in [1.165, 1.54) is 11.3 Å². The molecule has 4 heteroatoms. The number of fused-ring (bicyclic) bond motifs is 2. The lowest BCUT2D eigenvalue weighted by atomic mass is 9.93. The summed E-state index contributed by atoms with van der Waals surface area (Å²) < 4.78 is 19.5. The van der Waals surface area contributed by atoms with Gasteiger partial charge in [-0.1, -0.05) is 0 Å². The number of ether oxygens (including phenoxy) is 1. The molecule has 0 bridgehead atoms. The van der Waals surface area contributed by atoms with Crippen LogP contribution in [0.5, 0.6) is 0 Å². The molecule has 2 nitrogen and oxygen atoms in total. The summed E-state index contributed by atoms with van der Waals surface area (Å²) in [5.41, 5.74) is 1.00. The third-order valence-corrected chi connectivity index (χ3v) is 4.45. The summed E-state index contributed by atoms with van der Waals surface area (Å²) in [4.78, 5) is 1.10. The third-order valence-electron chi connectivity index (χ3n) is 3.40. The van der Waals surface area contributed by atoms with Crippen molar-refractivity contribution in [1.82, 2.24) is 5.32 Å². The standard InChI is InChI=1S/C11H14FNOS/c1-13-4-8-10-9(7(12)5-15-10)11(2-3-11)6-14-8/h5,8,13H,2-4,6H2,1H3. The lowest BCUT2D eigenvalue weighted by Gasteiger charge is -2.29. The highest BCUT2D eigenvalue weighted by atomic mass is 32.1. The molecular formula is C11H14FNOS. The summed E-state index contributed by atoms with van der Waals surface area (Å²) in [6.45, 7) is 1.46. The zero-order chi connectivity index (χ0) is 10.5. The molecule has 0 amide bonds. The van der Waals surface area contributed by atoms with Gasteiger partial charge in [0.05, 0.1) is 6.61 Å². The Morgan fingerprint density at radius 3 is 3.13 bits per heavy atom. The zero-order valence-corrected chi connectivity index (χ0v) is 9.49. The van der Waals surface area contributed by atoms with Crippen molar-refractivity contribution in [3.8, 4) is 0 Å². The lowest BCUT2D eigenvalue weighted by Crippen LogP contribution is -2.30. The SMILES string of the molecule is CNCC1OCC2(CC2)c2c(F)csc21. The molecule has 1 spiro atoms. The topological polar surface area (TPSA) is 21.3 Å². The van der Waals surface area contributed by atoms with Gasteiger partial charge < -0.3 is 10.1 Å². The van der Waals surface area contributed by atoms with Gasteiger partial charge in [-0.25, -0.2) is 4.39 Å². The molecule has 2 aliphatic rings. The largest absolute Gasteiger partial charge is 0.370 e. The molecule has 1 saturated carbocycles. The van der Waals surface area contributed by atoms with Crippen molar-refractivity contribution in [2.45, 2.75) is 24.4 Å². The Bertz CT molecular complexity index is 386. The minimum atomic E-state index is -0.0168. The van der Waals surface area contributed by atoms with Gasteiger partial charge in [0.25, 0.3) is 0 Å². The van der Waals surface area contributed by atoms with Crippen molar-refractivity contribution in [2.75, 3.05) is 20.2 Å². The Morgan fingerprint density at radius 2 is 2.47 bits per heavy atom. The molecule has 1 aliphatic carbocycles. The number of hydrogen-bond acceptors (Lipinski definition) is 3. The van der Waals surface area contributed by atoms with Crippen LogP contribution in [0.15, 0.2) is 5.38 Å². The van der Waals surface area contributed by atoms with Gasteiger partial charge in [-0.05, 0) is 19.9 Å². The maximum atomic E-state index is 13.7. The zero-order valence-electron chi connectivity index (χ0n) is 8.68. The minimum Gasteiger partial charge on any atom is -0.370 e. The number of likely N-dealkylation sites (N-methyl/N-ethyl adjacent to an activating group) is 1. The van der Waals surface area contributed by atoms with Gasteiger partial charge in [0.1, 0.15) is 11.9 Å². The number of hydrogen-bond donors (Lipinski definition) is 1. The van der Waals surface area contributed by atoms with E-state index in [1.807, 2.05) is 7.05 Å². The first-order valence-electron chi connectivity index (χ1n) is 5.30. The second-order valence-electron chi connectivity index (χ2n) is 4.46. The Hall–Kier alpha value is -0.450. The van der Waals surface area contributed by atoms with Crippen LogP contribution in [0.1, 0.15) is 29.4 Å².